The molecule has 7 nitrogen and oxygen atoms in total. The Morgan fingerprint density at radius 1 is 1.06 bits per heavy atom. The van der Waals surface area contributed by atoms with Gasteiger partial charge in [0.05, 0.1) is 18.7 Å². The van der Waals surface area contributed by atoms with E-state index in [0.29, 0.717) is 50.6 Å². The van der Waals surface area contributed by atoms with Crippen molar-refractivity contribution in [2.24, 2.45) is 0 Å². The average molecular weight is 479 g/mol. The van der Waals surface area contributed by atoms with Crippen LogP contribution in [0.5, 0.6) is 5.75 Å². The zero-order valence-electron chi connectivity index (χ0n) is 19.6. The Kier molecular flexibility index (Phi) is 7.92. The highest BCUT2D eigenvalue weighted by atomic mass is 32.1. The van der Waals surface area contributed by atoms with Crippen molar-refractivity contribution in [1.29, 1.82) is 0 Å². The van der Waals surface area contributed by atoms with Crippen molar-refractivity contribution in [2.45, 2.75) is 26.3 Å². The van der Waals surface area contributed by atoms with Crippen molar-refractivity contribution in [1.82, 2.24) is 14.8 Å². The molecule has 2 heterocycles. The number of hydrogen-bond acceptors (Lipinski definition) is 6. The van der Waals surface area contributed by atoms with Crippen molar-refractivity contribution in [3.8, 4) is 5.75 Å². The van der Waals surface area contributed by atoms with E-state index in [1.165, 1.54) is 11.3 Å². The summed E-state index contributed by atoms with van der Waals surface area (Å²) >= 11 is 1.52. The molecule has 1 aliphatic rings. The zero-order chi connectivity index (χ0) is 23.9. The van der Waals surface area contributed by atoms with Gasteiger partial charge in [-0.2, -0.15) is 0 Å². The predicted octanol–water partition coefficient (Wildman–Crippen LogP) is 3.92. The first kappa shape index (κ1) is 23.9. The minimum Gasteiger partial charge on any atom is -0.492 e. The Morgan fingerprint density at radius 3 is 2.44 bits per heavy atom. The summed E-state index contributed by atoms with van der Waals surface area (Å²) in [4.78, 5) is 34.7. The summed E-state index contributed by atoms with van der Waals surface area (Å²) in [6.45, 7) is 6.76. The lowest BCUT2D eigenvalue weighted by Gasteiger charge is -2.38. The molecule has 0 saturated carbocycles. The number of rotatable bonds is 8. The highest BCUT2D eigenvalue weighted by molar-refractivity contribution is 7.09. The number of hydrogen-bond donors (Lipinski definition) is 1. The molecule has 2 aromatic carbocycles. The second kappa shape index (κ2) is 11.3. The van der Waals surface area contributed by atoms with Gasteiger partial charge in [-0.1, -0.05) is 42.5 Å². The van der Waals surface area contributed by atoms with Gasteiger partial charge in [0, 0.05) is 37.3 Å². The molecular formula is C26H30N4O3S. The van der Waals surface area contributed by atoms with Crippen molar-refractivity contribution >= 4 is 28.8 Å². The Bertz CT molecular complexity index is 1110. The van der Waals surface area contributed by atoms with Gasteiger partial charge in [-0.3, -0.25) is 14.5 Å². The standard InChI is InChI=1S/C26H30N4O3S/c1-3-33-22-12-8-7-11-21(22)28-26(32)25(20-9-5-4-6-10-20)30-15-13-29(14-16-30)24(31)17-23-27-19(2)18-34-23/h4-12,18,25H,3,13-17H2,1-2H3,(H,28,32)/t25-/m1/s1. The van der Waals surface area contributed by atoms with Crippen LogP contribution in [0.1, 0.15) is 29.2 Å². The Balaban J connectivity index is 1.46. The molecule has 0 bridgehead atoms. The smallest absolute Gasteiger partial charge is 0.246 e. The van der Waals surface area contributed by atoms with E-state index in [1.54, 1.807) is 0 Å². The summed E-state index contributed by atoms with van der Waals surface area (Å²) in [6, 6.07) is 16.8. The molecule has 4 rings (SSSR count). The summed E-state index contributed by atoms with van der Waals surface area (Å²) < 4.78 is 5.68. The minimum atomic E-state index is -0.463. The number of aryl methyl sites for hydroxylation is 1. The molecule has 1 fully saturated rings. The minimum absolute atomic E-state index is 0.0837. The molecule has 2 amide bonds. The number of carbonyl (C=O) groups is 2. The quantitative estimate of drug-likeness (QED) is 0.531. The first-order valence-electron chi connectivity index (χ1n) is 11.6. The first-order chi connectivity index (χ1) is 16.5. The molecule has 0 radical (unpaired) electrons. The lowest BCUT2D eigenvalue weighted by Crippen LogP contribution is -2.52. The largest absolute Gasteiger partial charge is 0.492 e. The summed E-state index contributed by atoms with van der Waals surface area (Å²) in [7, 11) is 0. The van der Waals surface area contributed by atoms with Gasteiger partial charge >= 0.3 is 0 Å². The maximum Gasteiger partial charge on any atom is 0.246 e. The first-order valence-corrected chi connectivity index (χ1v) is 12.4. The van der Waals surface area contributed by atoms with Crippen LogP contribution >= 0.6 is 11.3 Å². The number of piperazine rings is 1. The number of para-hydroxylation sites is 2. The fourth-order valence-corrected chi connectivity index (χ4v) is 4.93. The number of benzene rings is 2. The Hall–Kier alpha value is -3.23. The monoisotopic (exact) mass is 478 g/mol. The van der Waals surface area contributed by atoms with Crippen molar-refractivity contribution < 1.29 is 14.3 Å². The van der Waals surface area contributed by atoms with Gasteiger partial charge in [0.2, 0.25) is 11.8 Å². The zero-order valence-corrected chi connectivity index (χ0v) is 20.4. The van der Waals surface area contributed by atoms with Crippen LogP contribution in [0.25, 0.3) is 0 Å². The lowest BCUT2D eigenvalue weighted by atomic mass is 10.0. The summed E-state index contributed by atoms with van der Waals surface area (Å²) in [5, 5.41) is 5.88. The molecule has 34 heavy (non-hydrogen) atoms. The van der Waals surface area contributed by atoms with Crippen LogP contribution in [-0.2, 0) is 16.0 Å². The summed E-state index contributed by atoms with van der Waals surface area (Å²) in [6.07, 6.45) is 0.329. The normalized spacial score (nSPS) is 15.1. The molecule has 0 spiro atoms. The molecule has 3 aromatic rings. The predicted molar refractivity (Wildman–Crippen MR) is 134 cm³/mol. The van der Waals surface area contributed by atoms with E-state index in [4.69, 9.17) is 4.74 Å². The average Bonchev–Trinajstić information content (AvgIpc) is 3.26. The van der Waals surface area contributed by atoms with Crippen molar-refractivity contribution in [3.05, 3.63) is 76.2 Å². The van der Waals surface area contributed by atoms with Gasteiger partial charge < -0.3 is 15.0 Å². The SMILES string of the molecule is CCOc1ccccc1NC(=O)[C@@H](c1ccccc1)N1CCN(C(=O)Cc2nc(C)cs2)CC1. The number of anilines is 1. The molecule has 1 aromatic heterocycles. The number of nitrogens with one attached hydrogen (secondary N) is 1. The maximum absolute atomic E-state index is 13.5. The third kappa shape index (κ3) is 5.81. The number of aromatic nitrogens is 1. The number of thiazole rings is 1. The molecular weight excluding hydrogens is 448 g/mol. The highest BCUT2D eigenvalue weighted by Gasteiger charge is 2.32. The van der Waals surface area contributed by atoms with Gasteiger partial charge in [-0.15, -0.1) is 11.3 Å². The van der Waals surface area contributed by atoms with Crippen LogP contribution in [0, 0.1) is 6.92 Å². The van der Waals surface area contributed by atoms with Crippen molar-refractivity contribution in [2.75, 3.05) is 38.1 Å². The highest BCUT2D eigenvalue weighted by Crippen LogP contribution is 2.28. The van der Waals surface area contributed by atoms with Crippen LogP contribution in [0.3, 0.4) is 0 Å². The lowest BCUT2D eigenvalue weighted by molar-refractivity contribution is -0.133. The maximum atomic E-state index is 13.5. The van der Waals surface area contributed by atoms with E-state index < -0.39 is 6.04 Å². The van der Waals surface area contributed by atoms with Crippen molar-refractivity contribution in [3.63, 3.8) is 0 Å². The summed E-state index contributed by atoms with van der Waals surface area (Å²) in [5.74, 6) is 0.620. The van der Waals surface area contributed by atoms with E-state index in [9.17, 15) is 9.59 Å². The topological polar surface area (TPSA) is 74.8 Å². The molecule has 1 N–H and O–H groups in total. The third-order valence-electron chi connectivity index (χ3n) is 5.81. The molecule has 8 heteroatoms. The van der Waals surface area contributed by atoms with E-state index in [-0.39, 0.29) is 11.8 Å². The second-order valence-corrected chi connectivity index (χ2v) is 9.15. The van der Waals surface area contributed by atoms with Crippen LogP contribution in [-0.4, -0.2) is 59.4 Å². The summed E-state index contributed by atoms with van der Waals surface area (Å²) in [5.41, 5.74) is 2.52. The van der Waals surface area contributed by atoms with Crippen LogP contribution < -0.4 is 10.1 Å². The third-order valence-corrected chi connectivity index (χ3v) is 6.78. The number of carbonyl (C=O) groups excluding carboxylic acids is 2. The molecule has 1 saturated heterocycles. The molecule has 0 unspecified atom stereocenters. The molecule has 1 atom stereocenters. The van der Waals surface area contributed by atoms with E-state index >= 15 is 0 Å². The van der Waals surface area contributed by atoms with Gasteiger partial charge in [0.15, 0.2) is 0 Å². The number of amides is 2. The van der Waals surface area contributed by atoms with E-state index in [2.05, 4.69) is 15.2 Å². The Labute approximate surface area is 204 Å². The fourth-order valence-electron chi connectivity index (χ4n) is 4.17. The van der Waals surface area contributed by atoms with Gasteiger partial charge in [-0.25, -0.2) is 4.98 Å². The van der Waals surface area contributed by atoms with E-state index in [1.807, 2.05) is 78.7 Å². The van der Waals surface area contributed by atoms with Gasteiger partial charge in [0.1, 0.15) is 16.8 Å². The van der Waals surface area contributed by atoms with Crippen LogP contribution in [0.15, 0.2) is 60.0 Å². The molecule has 178 valence electrons. The number of nitrogens with zero attached hydrogens (tertiary/aromatic N) is 3. The Morgan fingerprint density at radius 2 is 1.76 bits per heavy atom. The fraction of sp³-hybridized carbons (Fsp3) is 0.346. The molecule has 1 aliphatic heterocycles. The van der Waals surface area contributed by atoms with Crippen LogP contribution in [0.2, 0.25) is 0 Å². The molecule has 0 aliphatic carbocycles. The van der Waals surface area contributed by atoms with E-state index in [0.717, 1.165) is 16.3 Å². The second-order valence-electron chi connectivity index (χ2n) is 8.21. The van der Waals surface area contributed by atoms with Gasteiger partial charge in [0.25, 0.3) is 0 Å². The van der Waals surface area contributed by atoms with Crippen LogP contribution in [0.4, 0.5) is 5.69 Å². The number of ether oxygens (including phenoxy) is 1. The van der Waals surface area contributed by atoms with Gasteiger partial charge in [-0.05, 0) is 31.5 Å².